The van der Waals surface area contributed by atoms with E-state index in [-0.39, 0.29) is 23.3 Å². The molecular formula is C20H26N2O2S. The molecule has 0 aliphatic heterocycles. The van der Waals surface area contributed by atoms with Crippen molar-refractivity contribution < 1.29 is 9.59 Å². The van der Waals surface area contributed by atoms with Crippen LogP contribution in [-0.4, -0.2) is 17.9 Å². The van der Waals surface area contributed by atoms with Gasteiger partial charge in [-0.1, -0.05) is 51.1 Å². The van der Waals surface area contributed by atoms with Gasteiger partial charge in [0.2, 0.25) is 5.91 Å². The highest BCUT2D eigenvalue weighted by Gasteiger charge is 2.30. The molecule has 25 heavy (non-hydrogen) atoms. The number of carbonyl (C=O) groups is 2. The zero-order valence-corrected chi connectivity index (χ0v) is 16.2. The van der Waals surface area contributed by atoms with Crippen molar-refractivity contribution in [1.82, 2.24) is 10.6 Å². The molecule has 5 heteroatoms. The predicted octanol–water partition coefficient (Wildman–Crippen LogP) is 4.08. The van der Waals surface area contributed by atoms with Crippen LogP contribution in [-0.2, 0) is 4.79 Å². The van der Waals surface area contributed by atoms with E-state index >= 15 is 0 Å². The number of amides is 2. The van der Waals surface area contributed by atoms with E-state index in [1.807, 2.05) is 42.6 Å². The van der Waals surface area contributed by atoms with Gasteiger partial charge in [0.15, 0.2) is 0 Å². The first-order valence-corrected chi connectivity index (χ1v) is 9.28. The molecule has 1 heterocycles. The van der Waals surface area contributed by atoms with Crippen LogP contribution >= 0.6 is 11.3 Å². The molecule has 1 aromatic heterocycles. The molecule has 2 rings (SSSR count). The zero-order chi connectivity index (χ0) is 18.6. The highest BCUT2D eigenvalue weighted by molar-refractivity contribution is 7.12. The highest BCUT2D eigenvalue weighted by atomic mass is 32.1. The molecule has 2 atom stereocenters. The second-order valence-electron chi connectivity index (χ2n) is 7.34. The van der Waals surface area contributed by atoms with E-state index < -0.39 is 6.04 Å². The van der Waals surface area contributed by atoms with E-state index in [1.165, 1.54) is 11.3 Å². The average molecular weight is 359 g/mol. The summed E-state index contributed by atoms with van der Waals surface area (Å²) in [4.78, 5) is 25.4. The van der Waals surface area contributed by atoms with E-state index in [0.717, 1.165) is 11.1 Å². The van der Waals surface area contributed by atoms with Gasteiger partial charge in [0, 0.05) is 0 Å². The van der Waals surface area contributed by atoms with E-state index in [9.17, 15) is 9.59 Å². The molecule has 0 aliphatic rings. The normalized spacial score (nSPS) is 13.8. The Morgan fingerprint density at radius 2 is 1.72 bits per heavy atom. The van der Waals surface area contributed by atoms with Gasteiger partial charge < -0.3 is 10.6 Å². The lowest BCUT2D eigenvalue weighted by Crippen LogP contribution is -2.48. The quantitative estimate of drug-likeness (QED) is 0.846. The number of benzene rings is 1. The van der Waals surface area contributed by atoms with Crippen LogP contribution in [0, 0.1) is 12.3 Å². The van der Waals surface area contributed by atoms with E-state index in [1.54, 1.807) is 13.0 Å². The standard InChI is InChI=1S/C20H26N2O2S/c1-13-9-6-7-10-15(13)17(20(3,4)5)22-18(23)14(2)21-19(24)16-11-8-12-25-16/h6-12,14,17H,1-5H3,(H,21,24)(H,22,23)/t14-,17-/m1/s1. The lowest BCUT2D eigenvalue weighted by Gasteiger charge is -2.34. The Bertz CT molecular complexity index is 732. The smallest absolute Gasteiger partial charge is 0.261 e. The number of rotatable bonds is 5. The maximum absolute atomic E-state index is 12.7. The number of thiophene rings is 1. The Labute approximate surface area is 153 Å². The Balaban J connectivity index is 2.12. The van der Waals surface area contributed by atoms with E-state index in [4.69, 9.17) is 0 Å². The monoisotopic (exact) mass is 358 g/mol. The minimum absolute atomic E-state index is 0.137. The predicted molar refractivity (Wildman–Crippen MR) is 103 cm³/mol. The van der Waals surface area contributed by atoms with Gasteiger partial charge in [0.1, 0.15) is 6.04 Å². The van der Waals surface area contributed by atoms with E-state index in [0.29, 0.717) is 4.88 Å². The molecule has 0 spiro atoms. The number of hydrogen-bond donors (Lipinski definition) is 2. The van der Waals surface area contributed by atoms with Gasteiger partial charge in [-0.15, -0.1) is 11.3 Å². The summed E-state index contributed by atoms with van der Waals surface area (Å²) < 4.78 is 0. The molecule has 0 radical (unpaired) electrons. The summed E-state index contributed by atoms with van der Waals surface area (Å²) in [6.45, 7) is 10.0. The number of aryl methyl sites for hydroxylation is 1. The zero-order valence-electron chi connectivity index (χ0n) is 15.4. The molecule has 1 aromatic carbocycles. The number of hydrogen-bond acceptors (Lipinski definition) is 3. The molecule has 0 saturated carbocycles. The maximum atomic E-state index is 12.7. The first-order chi connectivity index (χ1) is 11.7. The molecule has 0 fully saturated rings. The average Bonchev–Trinajstić information content (AvgIpc) is 3.06. The lowest BCUT2D eigenvalue weighted by atomic mass is 9.80. The third-order valence-electron chi connectivity index (χ3n) is 4.14. The fourth-order valence-corrected chi connectivity index (χ4v) is 3.31. The minimum atomic E-state index is -0.608. The third kappa shape index (κ3) is 4.92. The molecule has 0 aliphatic carbocycles. The largest absolute Gasteiger partial charge is 0.347 e. The molecule has 0 unspecified atom stereocenters. The summed E-state index contributed by atoms with van der Waals surface area (Å²) in [5, 5.41) is 7.72. The van der Waals surface area contributed by atoms with Crippen LogP contribution in [0.25, 0.3) is 0 Å². The van der Waals surface area contributed by atoms with Crippen LogP contribution in [0.4, 0.5) is 0 Å². The van der Waals surface area contributed by atoms with Crippen molar-refractivity contribution in [3.05, 3.63) is 57.8 Å². The maximum Gasteiger partial charge on any atom is 0.261 e. The Kier molecular flexibility index (Phi) is 6.01. The molecule has 0 saturated heterocycles. The molecule has 134 valence electrons. The van der Waals surface area contributed by atoms with Crippen molar-refractivity contribution in [2.75, 3.05) is 0 Å². The van der Waals surface area contributed by atoms with Crippen LogP contribution in [0.2, 0.25) is 0 Å². The fourth-order valence-electron chi connectivity index (χ4n) is 2.68. The minimum Gasteiger partial charge on any atom is -0.347 e. The summed E-state index contributed by atoms with van der Waals surface area (Å²) >= 11 is 1.36. The van der Waals surface area contributed by atoms with Crippen molar-refractivity contribution in [3.63, 3.8) is 0 Å². The lowest BCUT2D eigenvalue weighted by molar-refractivity contribution is -0.124. The number of carbonyl (C=O) groups excluding carboxylic acids is 2. The van der Waals surface area contributed by atoms with Gasteiger partial charge in [-0.2, -0.15) is 0 Å². The van der Waals surface area contributed by atoms with Gasteiger partial charge in [0.05, 0.1) is 10.9 Å². The summed E-state index contributed by atoms with van der Waals surface area (Å²) in [5.41, 5.74) is 2.08. The van der Waals surface area contributed by atoms with Gasteiger partial charge in [-0.05, 0) is 41.8 Å². The van der Waals surface area contributed by atoms with Crippen molar-refractivity contribution in [2.24, 2.45) is 5.41 Å². The molecule has 2 amide bonds. The molecular weight excluding hydrogens is 332 g/mol. The van der Waals surface area contributed by atoms with Crippen molar-refractivity contribution >= 4 is 23.2 Å². The number of nitrogens with one attached hydrogen (secondary N) is 2. The SMILES string of the molecule is Cc1ccccc1[C@@H](NC(=O)[C@@H](C)NC(=O)c1cccs1)C(C)(C)C. The van der Waals surface area contributed by atoms with Gasteiger partial charge in [-0.3, -0.25) is 9.59 Å². The summed E-state index contributed by atoms with van der Waals surface area (Å²) in [5.74, 6) is -0.408. The van der Waals surface area contributed by atoms with Crippen LogP contribution < -0.4 is 10.6 Å². The Morgan fingerprint density at radius 3 is 2.28 bits per heavy atom. The topological polar surface area (TPSA) is 58.2 Å². The summed E-state index contributed by atoms with van der Waals surface area (Å²) in [6, 6.07) is 10.9. The molecule has 4 nitrogen and oxygen atoms in total. The third-order valence-corrected chi connectivity index (χ3v) is 5.01. The van der Waals surface area contributed by atoms with Crippen LogP contribution in [0.5, 0.6) is 0 Å². The van der Waals surface area contributed by atoms with Crippen LogP contribution in [0.3, 0.4) is 0 Å². The van der Waals surface area contributed by atoms with Gasteiger partial charge >= 0.3 is 0 Å². The van der Waals surface area contributed by atoms with Gasteiger partial charge in [-0.25, -0.2) is 0 Å². The second-order valence-corrected chi connectivity index (χ2v) is 8.28. The summed E-state index contributed by atoms with van der Waals surface area (Å²) in [7, 11) is 0. The van der Waals surface area contributed by atoms with Gasteiger partial charge in [0.25, 0.3) is 5.91 Å². The van der Waals surface area contributed by atoms with Crippen molar-refractivity contribution in [3.8, 4) is 0 Å². The van der Waals surface area contributed by atoms with Crippen LogP contribution in [0.15, 0.2) is 41.8 Å². The highest BCUT2D eigenvalue weighted by Crippen LogP contribution is 2.34. The first kappa shape index (κ1) is 19.2. The van der Waals surface area contributed by atoms with Crippen molar-refractivity contribution in [2.45, 2.75) is 46.7 Å². The Morgan fingerprint density at radius 1 is 1.04 bits per heavy atom. The van der Waals surface area contributed by atoms with Crippen molar-refractivity contribution in [1.29, 1.82) is 0 Å². The van der Waals surface area contributed by atoms with Crippen LogP contribution in [0.1, 0.15) is 54.5 Å². The second kappa shape index (κ2) is 7.83. The summed E-state index contributed by atoms with van der Waals surface area (Å²) in [6.07, 6.45) is 0. The van der Waals surface area contributed by atoms with E-state index in [2.05, 4.69) is 31.4 Å². The molecule has 0 bridgehead atoms. The molecule has 2 N–H and O–H groups in total. The Hall–Kier alpha value is -2.14. The first-order valence-electron chi connectivity index (χ1n) is 8.40. The fraction of sp³-hybridized carbons (Fsp3) is 0.400. The molecule has 2 aromatic rings.